The van der Waals surface area contributed by atoms with E-state index in [1.54, 1.807) is 0 Å². The third kappa shape index (κ3) is 3.71. The van der Waals surface area contributed by atoms with E-state index in [2.05, 4.69) is 11.2 Å². The predicted octanol–water partition coefficient (Wildman–Crippen LogP) is 0.421. The van der Waals surface area contributed by atoms with Crippen molar-refractivity contribution in [2.24, 2.45) is 0 Å². The number of rotatable bonds is 6. The summed E-state index contributed by atoms with van der Waals surface area (Å²) in [7, 11) is 0. The Morgan fingerprint density at radius 3 is 2.75 bits per heavy atom. The first kappa shape index (κ1) is 15.0. The van der Waals surface area contributed by atoms with Crippen molar-refractivity contribution in [3.63, 3.8) is 0 Å². The minimum absolute atomic E-state index is 0.0230. The quantitative estimate of drug-likeness (QED) is 0.442. The smallest absolute Gasteiger partial charge is 0.339 e. The molecule has 8 nitrogen and oxygen atoms in total. The molecule has 0 heterocycles. The average Bonchev–Trinajstić information content (AvgIpc) is 2.42. The van der Waals surface area contributed by atoms with Crippen molar-refractivity contribution in [1.29, 1.82) is 0 Å². The van der Waals surface area contributed by atoms with Gasteiger partial charge in [-0.25, -0.2) is 4.79 Å². The van der Waals surface area contributed by atoms with Crippen LogP contribution in [-0.4, -0.2) is 35.1 Å². The third-order valence-electron chi connectivity index (χ3n) is 2.16. The van der Waals surface area contributed by atoms with Gasteiger partial charge in [-0.05, 0) is 6.07 Å². The molecule has 0 aliphatic heterocycles. The molecule has 0 radical (unpaired) electrons. The van der Waals surface area contributed by atoms with Gasteiger partial charge in [0.2, 0.25) is 5.75 Å². The number of hydrogen-bond acceptors (Lipinski definition) is 5. The standard InChI is InChI=1S/C12H10N2O6/c1-2-6-13-10(15)7-20-11-8(12(16)17)4-3-5-9(11)14(18)19/h1,3-5H,6-7H2,(H,13,15)(H,16,17). The maximum absolute atomic E-state index is 11.3. The van der Waals surface area contributed by atoms with Crippen molar-refractivity contribution in [3.8, 4) is 18.1 Å². The van der Waals surface area contributed by atoms with Gasteiger partial charge < -0.3 is 15.2 Å². The first-order chi connectivity index (χ1) is 9.47. The summed E-state index contributed by atoms with van der Waals surface area (Å²) in [5.41, 5.74) is -0.932. The molecule has 1 amide bonds. The summed E-state index contributed by atoms with van der Waals surface area (Å²) in [5, 5.41) is 22.1. The Morgan fingerprint density at radius 2 is 2.20 bits per heavy atom. The van der Waals surface area contributed by atoms with Crippen molar-refractivity contribution in [1.82, 2.24) is 5.32 Å². The number of nitro benzene ring substituents is 1. The second-order valence-electron chi connectivity index (χ2n) is 3.49. The molecule has 0 aliphatic rings. The number of terminal acetylenes is 1. The van der Waals surface area contributed by atoms with Crippen LogP contribution >= 0.6 is 0 Å². The van der Waals surface area contributed by atoms with E-state index >= 15 is 0 Å². The van der Waals surface area contributed by atoms with Crippen LogP contribution in [-0.2, 0) is 4.79 Å². The zero-order valence-electron chi connectivity index (χ0n) is 10.2. The number of carbonyl (C=O) groups is 2. The summed E-state index contributed by atoms with van der Waals surface area (Å²) in [4.78, 5) is 32.3. The molecule has 1 rings (SSSR count). The predicted molar refractivity (Wildman–Crippen MR) is 67.4 cm³/mol. The number of nitro groups is 1. The molecule has 0 aliphatic carbocycles. The fraction of sp³-hybridized carbons (Fsp3) is 0.167. The second kappa shape index (κ2) is 6.75. The second-order valence-corrected chi connectivity index (χ2v) is 3.49. The highest BCUT2D eigenvalue weighted by Crippen LogP contribution is 2.30. The SMILES string of the molecule is C#CCNC(=O)COc1c(C(=O)O)cccc1[N+](=O)[O-]. The van der Waals surface area contributed by atoms with E-state index in [0.29, 0.717) is 0 Å². The number of aromatic carboxylic acids is 1. The van der Waals surface area contributed by atoms with Gasteiger partial charge in [0, 0.05) is 6.07 Å². The summed E-state index contributed by atoms with van der Waals surface area (Å²) >= 11 is 0. The van der Waals surface area contributed by atoms with Crippen LogP contribution in [0.2, 0.25) is 0 Å². The number of carbonyl (C=O) groups excluding carboxylic acids is 1. The molecule has 20 heavy (non-hydrogen) atoms. The van der Waals surface area contributed by atoms with Crippen molar-refractivity contribution in [2.45, 2.75) is 0 Å². The van der Waals surface area contributed by atoms with E-state index in [4.69, 9.17) is 16.3 Å². The number of amides is 1. The van der Waals surface area contributed by atoms with Crippen LogP contribution in [0.5, 0.6) is 5.75 Å². The Bertz CT molecular complexity index is 558. The highest BCUT2D eigenvalue weighted by atomic mass is 16.6. The van der Waals surface area contributed by atoms with E-state index in [0.717, 1.165) is 12.1 Å². The molecule has 0 fully saturated rings. The van der Waals surface area contributed by atoms with Gasteiger partial charge in [0.05, 0.1) is 11.5 Å². The number of carboxylic acid groups (broad SMARTS) is 1. The van der Waals surface area contributed by atoms with Crippen molar-refractivity contribution in [3.05, 3.63) is 33.9 Å². The number of para-hydroxylation sites is 1. The number of benzene rings is 1. The van der Waals surface area contributed by atoms with Crippen LogP contribution in [0, 0.1) is 22.5 Å². The van der Waals surface area contributed by atoms with Crippen molar-refractivity contribution in [2.75, 3.05) is 13.2 Å². The van der Waals surface area contributed by atoms with Crippen LogP contribution in [0.4, 0.5) is 5.69 Å². The Hall–Kier alpha value is -3.08. The molecule has 0 saturated carbocycles. The fourth-order valence-corrected chi connectivity index (χ4v) is 1.33. The average molecular weight is 278 g/mol. The largest absolute Gasteiger partial charge is 0.478 e. The molecule has 0 unspecified atom stereocenters. The first-order valence-corrected chi connectivity index (χ1v) is 5.31. The molecule has 0 aromatic heterocycles. The molecular weight excluding hydrogens is 268 g/mol. The van der Waals surface area contributed by atoms with Gasteiger partial charge in [-0.2, -0.15) is 0 Å². The Balaban J connectivity index is 2.97. The van der Waals surface area contributed by atoms with Gasteiger partial charge in [-0.15, -0.1) is 6.42 Å². The summed E-state index contributed by atoms with van der Waals surface area (Å²) < 4.78 is 4.95. The van der Waals surface area contributed by atoms with E-state index < -0.39 is 40.4 Å². The molecule has 104 valence electrons. The Labute approximate surface area is 113 Å². The first-order valence-electron chi connectivity index (χ1n) is 5.31. The maximum Gasteiger partial charge on any atom is 0.339 e. The van der Waals surface area contributed by atoms with Gasteiger partial charge in [0.25, 0.3) is 5.91 Å². The van der Waals surface area contributed by atoms with Crippen LogP contribution in [0.3, 0.4) is 0 Å². The van der Waals surface area contributed by atoms with Gasteiger partial charge in [0.15, 0.2) is 6.61 Å². The topological polar surface area (TPSA) is 119 Å². The van der Waals surface area contributed by atoms with Gasteiger partial charge in [-0.3, -0.25) is 14.9 Å². The molecule has 8 heteroatoms. The number of carboxylic acids is 1. The van der Waals surface area contributed by atoms with E-state index in [9.17, 15) is 19.7 Å². The molecule has 0 bridgehead atoms. The Kier molecular flexibility index (Phi) is 5.05. The fourth-order valence-electron chi connectivity index (χ4n) is 1.33. The number of nitrogens with one attached hydrogen (secondary N) is 1. The monoisotopic (exact) mass is 278 g/mol. The lowest BCUT2D eigenvalue weighted by atomic mass is 10.2. The van der Waals surface area contributed by atoms with Crippen molar-refractivity contribution >= 4 is 17.6 Å². The number of nitrogens with zero attached hydrogens (tertiary/aromatic N) is 1. The molecular formula is C12H10N2O6. The number of ether oxygens (including phenoxy) is 1. The molecule has 0 atom stereocenters. The van der Waals surface area contributed by atoms with E-state index in [-0.39, 0.29) is 6.54 Å². The zero-order chi connectivity index (χ0) is 15.1. The zero-order valence-corrected chi connectivity index (χ0v) is 10.2. The Morgan fingerprint density at radius 1 is 1.50 bits per heavy atom. The van der Waals surface area contributed by atoms with Crippen molar-refractivity contribution < 1.29 is 24.4 Å². The lowest BCUT2D eigenvalue weighted by Gasteiger charge is -2.09. The third-order valence-corrected chi connectivity index (χ3v) is 2.16. The summed E-state index contributed by atoms with van der Waals surface area (Å²) in [6.45, 7) is -0.600. The van der Waals surface area contributed by atoms with Crippen LogP contribution in [0.25, 0.3) is 0 Å². The summed E-state index contributed by atoms with van der Waals surface area (Å²) in [6, 6.07) is 3.44. The molecule has 0 saturated heterocycles. The van der Waals surface area contributed by atoms with Gasteiger partial charge >= 0.3 is 11.7 Å². The minimum atomic E-state index is -1.40. The number of hydrogen-bond donors (Lipinski definition) is 2. The van der Waals surface area contributed by atoms with Crippen LogP contribution < -0.4 is 10.1 Å². The lowest BCUT2D eigenvalue weighted by Crippen LogP contribution is -2.29. The lowest BCUT2D eigenvalue weighted by molar-refractivity contribution is -0.385. The van der Waals surface area contributed by atoms with Gasteiger partial charge in [0.1, 0.15) is 5.56 Å². The van der Waals surface area contributed by atoms with Crippen LogP contribution in [0.15, 0.2) is 18.2 Å². The molecule has 2 N–H and O–H groups in total. The normalized spacial score (nSPS) is 9.35. The highest BCUT2D eigenvalue weighted by molar-refractivity contribution is 5.92. The van der Waals surface area contributed by atoms with Gasteiger partial charge in [-0.1, -0.05) is 12.0 Å². The summed E-state index contributed by atoms with van der Waals surface area (Å²) in [5.74, 6) is -0.314. The van der Waals surface area contributed by atoms with E-state index in [1.165, 1.54) is 6.07 Å². The van der Waals surface area contributed by atoms with E-state index in [1.807, 2.05) is 0 Å². The molecule has 0 spiro atoms. The molecule has 1 aromatic rings. The highest BCUT2D eigenvalue weighted by Gasteiger charge is 2.23. The summed E-state index contributed by atoms with van der Waals surface area (Å²) in [6.07, 6.45) is 4.94. The maximum atomic E-state index is 11.3. The van der Waals surface area contributed by atoms with Crippen LogP contribution in [0.1, 0.15) is 10.4 Å². The minimum Gasteiger partial charge on any atom is -0.478 e. The molecule has 1 aromatic carbocycles.